The molecule has 3 heterocycles. The van der Waals surface area contributed by atoms with E-state index in [9.17, 15) is 14.7 Å². The van der Waals surface area contributed by atoms with Crippen LogP contribution < -0.4 is 0 Å². The van der Waals surface area contributed by atoms with Crippen LogP contribution in [0.4, 0.5) is 0 Å². The van der Waals surface area contributed by atoms with Crippen molar-refractivity contribution in [2.45, 2.75) is 64.6 Å². The molecule has 210 valence electrons. The summed E-state index contributed by atoms with van der Waals surface area (Å²) < 4.78 is 6.32. The number of piperidine rings is 1. The van der Waals surface area contributed by atoms with E-state index in [1.54, 1.807) is 17.0 Å². The summed E-state index contributed by atoms with van der Waals surface area (Å²) >= 11 is 0. The van der Waals surface area contributed by atoms with E-state index in [4.69, 9.17) is 4.74 Å². The van der Waals surface area contributed by atoms with Crippen LogP contribution in [0.2, 0.25) is 0 Å². The van der Waals surface area contributed by atoms with Gasteiger partial charge in [-0.2, -0.15) is 0 Å². The first kappa shape index (κ1) is 27.0. The van der Waals surface area contributed by atoms with Crippen LogP contribution >= 0.6 is 0 Å². The zero-order valence-corrected chi connectivity index (χ0v) is 23.6. The van der Waals surface area contributed by atoms with E-state index in [0.717, 1.165) is 50.9 Å². The Balaban J connectivity index is 1.09. The number of imide groups is 1. The van der Waals surface area contributed by atoms with Crippen LogP contribution in [0, 0.1) is 17.8 Å². The van der Waals surface area contributed by atoms with Crippen molar-refractivity contribution in [3.05, 3.63) is 82.4 Å². The van der Waals surface area contributed by atoms with Crippen molar-refractivity contribution in [3.8, 4) is 5.75 Å². The van der Waals surface area contributed by atoms with Crippen molar-refractivity contribution in [3.63, 3.8) is 0 Å². The first-order valence-corrected chi connectivity index (χ1v) is 14.8. The number of allylic oxidation sites excluding steroid dienone is 2. The number of phenolic OH excluding ortho intramolecular Hbond substituents is 1. The maximum Gasteiger partial charge on any atom is 0.234 e. The van der Waals surface area contributed by atoms with Crippen LogP contribution in [0.15, 0.2) is 71.3 Å². The first-order valence-electron chi connectivity index (χ1n) is 14.8. The van der Waals surface area contributed by atoms with Crippen LogP contribution in [0.3, 0.4) is 0 Å². The summed E-state index contributed by atoms with van der Waals surface area (Å²) in [5.74, 6) is -0.151. The molecule has 4 aliphatic rings. The Kier molecular flexibility index (Phi) is 7.65. The van der Waals surface area contributed by atoms with Gasteiger partial charge in [-0.05, 0) is 74.8 Å². The second-order valence-corrected chi connectivity index (χ2v) is 12.2. The number of benzene rings is 2. The van der Waals surface area contributed by atoms with Gasteiger partial charge in [-0.25, -0.2) is 0 Å². The number of fused-ring (bicyclic) bond motifs is 3. The van der Waals surface area contributed by atoms with Crippen LogP contribution in [0.1, 0.15) is 57.1 Å². The zero-order valence-electron chi connectivity index (χ0n) is 23.6. The van der Waals surface area contributed by atoms with Gasteiger partial charge >= 0.3 is 0 Å². The van der Waals surface area contributed by atoms with Gasteiger partial charge in [-0.1, -0.05) is 59.7 Å². The largest absolute Gasteiger partial charge is 0.508 e. The molecule has 0 saturated carbocycles. The summed E-state index contributed by atoms with van der Waals surface area (Å²) in [5.41, 5.74) is 6.02. The summed E-state index contributed by atoms with van der Waals surface area (Å²) in [6, 6.07) is 17.8. The van der Waals surface area contributed by atoms with Gasteiger partial charge in [0.15, 0.2) is 0 Å². The lowest BCUT2D eigenvalue weighted by Gasteiger charge is -2.36. The van der Waals surface area contributed by atoms with Crippen LogP contribution in [0.25, 0.3) is 6.08 Å². The molecule has 40 heavy (non-hydrogen) atoms. The quantitative estimate of drug-likeness (QED) is 0.367. The lowest BCUT2D eigenvalue weighted by molar-refractivity contribution is -0.144. The number of carbonyl (C=O) groups excluding carboxylic acids is 2. The van der Waals surface area contributed by atoms with Crippen LogP contribution in [-0.2, 0) is 20.9 Å². The zero-order chi connectivity index (χ0) is 27.8. The Morgan fingerprint density at radius 3 is 2.55 bits per heavy atom. The number of carbonyl (C=O) groups is 2. The Morgan fingerprint density at radius 1 is 1.02 bits per heavy atom. The number of phenols is 1. The maximum absolute atomic E-state index is 13.9. The van der Waals surface area contributed by atoms with E-state index >= 15 is 0 Å². The summed E-state index contributed by atoms with van der Waals surface area (Å²) in [6.07, 6.45) is 6.19. The van der Waals surface area contributed by atoms with Crippen molar-refractivity contribution in [2.24, 2.45) is 17.8 Å². The molecule has 4 atom stereocenters. The highest BCUT2D eigenvalue weighted by atomic mass is 16.5. The minimum Gasteiger partial charge on any atom is -0.508 e. The fourth-order valence-corrected chi connectivity index (χ4v) is 7.52. The number of likely N-dealkylation sites (tertiary alicyclic amines) is 2. The third kappa shape index (κ3) is 5.27. The third-order valence-electron chi connectivity index (χ3n) is 9.44. The second kappa shape index (κ2) is 11.3. The summed E-state index contributed by atoms with van der Waals surface area (Å²) in [6.45, 7) is 7.48. The Morgan fingerprint density at radius 2 is 1.80 bits per heavy atom. The molecular formula is C34H40N2O4. The molecule has 3 aliphatic heterocycles. The summed E-state index contributed by atoms with van der Waals surface area (Å²) in [7, 11) is 0. The second-order valence-electron chi connectivity index (χ2n) is 12.2. The predicted molar refractivity (Wildman–Crippen MR) is 155 cm³/mol. The molecule has 6 rings (SSSR count). The molecule has 2 amide bonds. The van der Waals surface area contributed by atoms with Gasteiger partial charge in [-0.3, -0.25) is 19.4 Å². The fourth-order valence-electron chi connectivity index (χ4n) is 7.52. The standard InChI is InChI=1S/C34H40N2O4/c1-22(17-25-9-6-10-27(37)19-25)11-12-30-31-23(2)18-28-32(29(31)21-40-30)34(39)36(33(28)38)26-13-15-35(16-14-26)20-24-7-4-3-5-8-24/h3-10,17,19,26,28-30,32,37H,11-16,18,20-21H2,1-2H3/b22-17+/t28-,29+,30-,32-/m1/s1. The molecule has 3 fully saturated rings. The molecule has 1 aliphatic carbocycles. The highest BCUT2D eigenvalue weighted by Gasteiger charge is 2.57. The smallest absolute Gasteiger partial charge is 0.234 e. The summed E-state index contributed by atoms with van der Waals surface area (Å²) in [4.78, 5) is 31.6. The van der Waals surface area contributed by atoms with Crippen molar-refractivity contribution < 1.29 is 19.4 Å². The molecular weight excluding hydrogens is 500 g/mol. The van der Waals surface area contributed by atoms with E-state index in [2.05, 4.69) is 49.1 Å². The molecule has 0 spiro atoms. The number of nitrogens with zero attached hydrogens (tertiary/aromatic N) is 2. The van der Waals surface area contributed by atoms with Gasteiger partial charge in [0.2, 0.25) is 11.8 Å². The number of hydrogen-bond donors (Lipinski definition) is 1. The molecule has 0 radical (unpaired) electrons. The SMILES string of the molecule is CC1=C2[C@@H](CC/C(C)=C/c3cccc(O)c3)OC[C@@H]2[C@@H]2C(=O)N(C3CCN(Cc4ccccc4)CC3)C(=O)[C@@H]2C1. The normalized spacial score (nSPS) is 27.9. The number of rotatable bonds is 7. The van der Waals surface area contributed by atoms with Crippen molar-refractivity contribution in [1.29, 1.82) is 0 Å². The average Bonchev–Trinajstić information content (AvgIpc) is 3.47. The molecule has 1 N–H and O–H groups in total. The average molecular weight is 541 g/mol. The summed E-state index contributed by atoms with van der Waals surface area (Å²) in [5, 5.41) is 9.76. The van der Waals surface area contributed by atoms with Gasteiger partial charge in [0.25, 0.3) is 0 Å². The highest BCUT2D eigenvalue weighted by molar-refractivity contribution is 6.06. The molecule has 0 unspecified atom stereocenters. The van der Waals surface area contributed by atoms with E-state index in [0.29, 0.717) is 13.0 Å². The Bertz CT molecular complexity index is 1320. The maximum atomic E-state index is 13.9. The lowest BCUT2D eigenvalue weighted by atomic mass is 9.70. The number of amides is 2. The number of ether oxygens (including phenoxy) is 1. The van der Waals surface area contributed by atoms with Crippen molar-refractivity contribution in [1.82, 2.24) is 9.80 Å². The fraction of sp³-hybridized carbons (Fsp3) is 0.471. The molecule has 6 heteroatoms. The van der Waals surface area contributed by atoms with Gasteiger partial charge in [0.05, 0.1) is 24.5 Å². The first-order chi connectivity index (χ1) is 19.4. The predicted octanol–water partition coefficient (Wildman–Crippen LogP) is 5.58. The Hall–Kier alpha value is -3.22. The van der Waals surface area contributed by atoms with Gasteiger partial charge < -0.3 is 9.84 Å². The van der Waals surface area contributed by atoms with Gasteiger partial charge in [0.1, 0.15) is 5.75 Å². The van der Waals surface area contributed by atoms with Gasteiger partial charge in [-0.15, -0.1) is 0 Å². The molecule has 6 nitrogen and oxygen atoms in total. The highest BCUT2D eigenvalue weighted by Crippen LogP contribution is 2.50. The molecule has 0 aromatic heterocycles. The Labute approximate surface area is 237 Å². The minimum atomic E-state index is -0.275. The lowest BCUT2D eigenvalue weighted by Crippen LogP contribution is -2.47. The third-order valence-corrected chi connectivity index (χ3v) is 9.44. The van der Waals surface area contributed by atoms with E-state index in [1.165, 1.54) is 22.3 Å². The monoisotopic (exact) mass is 540 g/mol. The topological polar surface area (TPSA) is 70.1 Å². The van der Waals surface area contributed by atoms with E-state index in [1.807, 2.05) is 18.2 Å². The molecule has 0 bridgehead atoms. The van der Waals surface area contributed by atoms with E-state index in [-0.39, 0.29) is 47.5 Å². The molecule has 2 aromatic rings. The van der Waals surface area contributed by atoms with Crippen molar-refractivity contribution in [2.75, 3.05) is 19.7 Å². The molecule has 2 aromatic carbocycles. The van der Waals surface area contributed by atoms with Crippen LogP contribution in [0.5, 0.6) is 5.75 Å². The number of aromatic hydroxyl groups is 1. The van der Waals surface area contributed by atoms with Crippen molar-refractivity contribution >= 4 is 17.9 Å². The van der Waals surface area contributed by atoms with E-state index < -0.39 is 0 Å². The minimum absolute atomic E-state index is 0.00310. The number of hydrogen-bond acceptors (Lipinski definition) is 5. The van der Waals surface area contributed by atoms with Gasteiger partial charge in [0, 0.05) is 31.6 Å². The molecule has 3 saturated heterocycles. The van der Waals surface area contributed by atoms with Crippen LogP contribution in [-0.4, -0.2) is 58.6 Å².